The largest absolute Gasteiger partial charge is 0.481 e. The number of amides is 1. The predicted octanol–water partition coefficient (Wildman–Crippen LogP) is 2.54. The lowest BCUT2D eigenvalue weighted by atomic mass is 9.82. The third kappa shape index (κ3) is 5.65. The van der Waals surface area contributed by atoms with E-state index in [0.29, 0.717) is 38.5 Å². The molecule has 2 unspecified atom stereocenters. The molecule has 5 nitrogen and oxygen atoms in total. The number of nitrogens with zero attached hydrogens (tertiary/aromatic N) is 1. The Labute approximate surface area is 127 Å². The van der Waals surface area contributed by atoms with Crippen LogP contribution in [-0.4, -0.2) is 47.7 Å². The zero-order valence-electron chi connectivity index (χ0n) is 13.7. The molecule has 1 aliphatic rings. The number of piperidine rings is 1. The molecule has 1 heterocycles. The maximum absolute atomic E-state index is 12.2. The van der Waals surface area contributed by atoms with E-state index in [0.717, 1.165) is 12.8 Å². The van der Waals surface area contributed by atoms with Crippen LogP contribution in [0, 0.1) is 11.3 Å². The highest BCUT2D eigenvalue weighted by molar-refractivity contribution is 5.79. The Kier molecular flexibility index (Phi) is 6.65. The quantitative estimate of drug-likeness (QED) is 0.784. The topological polar surface area (TPSA) is 66.8 Å². The summed E-state index contributed by atoms with van der Waals surface area (Å²) in [6.07, 6.45) is 2.85. The number of carbonyl (C=O) groups excluding carboxylic acids is 1. The molecular weight excluding hydrogens is 270 g/mol. The second-order valence-corrected chi connectivity index (χ2v) is 6.85. The van der Waals surface area contributed by atoms with Gasteiger partial charge in [-0.15, -0.1) is 0 Å². The Morgan fingerprint density at radius 3 is 2.57 bits per heavy atom. The Balaban J connectivity index is 2.37. The summed E-state index contributed by atoms with van der Waals surface area (Å²) in [7, 11) is 0. The maximum atomic E-state index is 12.2. The minimum Gasteiger partial charge on any atom is -0.481 e. The molecule has 0 aromatic rings. The molecule has 0 aromatic carbocycles. The summed E-state index contributed by atoms with van der Waals surface area (Å²) in [4.78, 5) is 25.1. The summed E-state index contributed by atoms with van der Waals surface area (Å²) in [5.74, 6) is -0.241. The van der Waals surface area contributed by atoms with Gasteiger partial charge in [-0.25, -0.2) is 0 Å². The van der Waals surface area contributed by atoms with Crippen molar-refractivity contribution in [3.05, 3.63) is 0 Å². The van der Waals surface area contributed by atoms with Crippen LogP contribution in [0.15, 0.2) is 0 Å². The molecule has 1 fully saturated rings. The van der Waals surface area contributed by atoms with E-state index in [-0.39, 0.29) is 12.0 Å². The molecule has 1 amide bonds. The molecule has 5 heteroatoms. The molecule has 21 heavy (non-hydrogen) atoms. The summed E-state index contributed by atoms with van der Waals surface area (Å²) in [6, 6.07) is 0. The van der Waals surface area contributed by atoms with Crippen LogP contribution >= 0.6 is 0 Å². The first-order valence-corrected chi connectivity index (χ1v) is 7.87. The van der Waals surface area contributed by atoms with Crippen molar-refractivity contribution in [1.29, 1.82) is 0 Å². The molecule has 0 saturated carbocycles. The van der Waals surface area contributed by atoms with Crippen LogP contribution in [0.25, 0.3) is 0 Å². The fourth-order valence-electron chi connectivity index (χ4n) is 2.86. The van der Waals surface area contributed by atoms with Gasteiger partial charge in [0, 0.05) is 13.1 Å². The molecule has 122 valence electrons. The number of hydrogen-bond acceptors (Lipinski definition) is 3. The maximum Gasteiger partial charge on any atom is 0.311 e. The summed E-state index contributed by atoms with van der Waals surface area (Å²) in [5.41, 5.74) is -0.806. The lowest BCUT2D eigenvalue weighted by molar-refractivity contribution is -0.153. The first kappa shape index (κ1) is 18.0. The highest BCUT2D eigenvalue weighted by atomic mass is 16.5. The lowest BCUT2D eigenvalue weighted by Crippen LogP contribution is -2.48. The number of likely N-dealkylation sites (tertiary alicyclic amines) is 1. The standard InChI is InChI=1S/C16H29NO4/c1-12(2)10-13(3)21-9-6-14(18)17-8-5-7-16(4,11-17)15(19)20/h12-13H,5-11H2,1-4H3,(H,19,20). The van der Waals surface area contributed by atoms with Gasteiger partial charge in [-0.3, -0.25) is 9.59 Å². The minimum atomic E-state index is -0.818. The van der Waals surface area contributed by atoms with Crippen LogP contribution in [0.1, 0.15) is 53.4 Å². The third-order valence-electron chi connectivity index (χ3n) is 4.09. The van der Waals surface area contributed by atoms with Crippen LogP contribution in [0.4, 0.5) is 0 Å². The van der Waals surface area contributed by atoms with Gasteiger partial charge >= 0.3 is 5.97 Å². The minimum absolute atomic E-state index is 0.000998. The smallest absolute Gasteiger partial charge is 0.311 e. The van der Waals surface area contributed by atoms with Gasteiger partial charge in [0.2, 0.25) is 5.91 Å². The van der Waals surface area contributed by atoms with Crippen molar-refractivity contribution in [2.75, 3.05) is 19.7 Å². The normalized spacial score (nSPS) is 24.1. The van der Waals surface area contributed by atoms with Crippen LogP contribution in [0.3, 0.4) is 0 Å². The summed E-state index contributed by atoms with van der Waals surface area (Å²) >= 11 is 0. The molecule has 2 atom stereocenters. The van der Waals surface area contributed by atoms with Crippen molar-refractivity contribution in [2.24, 2.45) is 11.3 Å². The average Bonchev–Trinajstić information content (AvgIpc) is 2.37. The zero-order chi connectivity index (χ0) is 16.0. The molecular formula is C16H29NO4. The first-order chi connectivity index (χ1) is 9.74. The summed E-state index contributed by atoms with van der Waals surface area (Å²) < 4.78 is 5.65. The van der Waals surface area contributed by atoms with Gasteiger partial charge < -0.3 is 14.7 Å². The van der Waals surface area contributed by atoms with E-state index in [1.807, 2.05) is 6.92 Å². The SMILES string of the molecule is CC(C)CC(C)OCCC(=O)N1CCCC(C)(C(=O)O)C1. The van der Waals surface area contributed by atoms with Crippen molar-refractivity contribution in [3.63, 3.8) is 0 Å². The Morgan fingerprint density at radius 2 is 2.00 bits per heavy atom. The van der Waals surface area contributed by atoms with Crippen molar-refractivity contribution < 1.29 is 19.4 Å². The number of carbonyl (C=O) groups is 2. The second kappa shape index (κ2) is 7.78. The summed E-state index contributed by atoms with van der Waals surface area (Å²) in [6.45, 7) is 9.40. The van der Waals surface area contributed by atoms with Gasteiger partial charge in [-0.05, 0) is 39.0 Å². The fraction of sp³-hybridized carbons (Fsp3) is 0.875. The van der Waals surface area contributed by atoms with Crippen LogP contribution in [0.2, 0.25) is 0 Å². The number of hydrogen-bond donors (Lipinski definition) is 1. The Morgan fingerprint density at radius 1 is 1.33 bits per heavy atom. The number of rotatable bonds is 7. The predicted molar refractivity (Wildman–Crippen MR) is 81.0 cm³/mol. The Hall–Kier alpha value is -1.10. The highest BCUT2D eigenvalue weighted by Crippen LogP contribution is 2.29. The molecule has 1 saturated heterocycles. The van der Waals surface area contributed by atoms with E-state index in [1.165, 1.54) is 0 Å². The average molecular weight is 299 g/mol. The van der Waals surface area contributed by atoms with Gasteiger partial charge in [0.05, 0.1) is 24.5 Å². The first-order valence-electron chi connectivity index (χ1n) is 7.87. The second-order valence-electron chi connectivity index (χ2n) is 6.85. The number of aliphatic carboxylic acids is 1. The van der Waals surface area contributed by atoms with E-state index in [9.17, 15) is 14.7 Å². The van der Waals surface area contributed by atoms with Gasteiger partial charge in [-0.2, -0.15) is 0 Å². The van der Waals surface area contributed by atoms with Crippen LogP contribution in [0.5, 0.6) is 0 Å². The van der Waals surface area contributed by atoms with E-state index >= 15 is 0 Å². The monoisotopic (exact) mass is 299 g/mol. The molecule has 0 aliphatic carbocycles. The van der Waals surface area contributed by atoms with Gasteiger partial charge in [0.25, 0.3) is 0 Å². The van der Waals surface area contributed by atoms with Crippen molar-refractivity contribution in [3.8, 4) is 0 Å². The number of carboxylic acids is 1. The van der Waals surface area contributed by atoms with E-state index in [4.69, 9.17) is 4.74 Å². The molecule has 0 spiro atoms. The molecule has 1 rings (SSSR count). The van der Waals surface area contributed by atoms with E-state index < -0.39 is 11.4 Å². The molecule has 1 aliphatic heterocycles. The molecule has 0 radical (unpaired) electrons. The zero-order valence-corrected chi connectivity index (χ0v) is 13.7. The fourth-order valence-corrected chi connectivity index (χ4v) is 2.86. The molecule has 1 N–H and O–H groups in total. The highest BCUT2D eigenvalue weighted by Gasteiger charge is 2.39. The van der Waals surface area contributed by atoms with Crippen LogP contribution < -0.4 is 0 Å². The van der Waals surface area contributed by atoms with Gasteiger partial charge in [0.15, 0.2) is 0 Å². The van der Waals surface area contributed by atoms with E-state index in [1.54, 1.807) is 11.8 Å². The Bertz CT molecular complexity index is 369. The van der Waals surface area contributed by atoms with Gasteiger partial charge in [0.1, 0.15) is 0 Å². The van der Waals surface area contributed by atoms with Crippen molar-refractivity contribution in [2.45, 2.75) is 59.5 Å². The summed E-state index contributed by atoms with van der Waals surface area (Å²) in [5, 5.41) is 9.27. The van der Waals surface area contributed by atoms with E-state index in [2.05, 4.69) is 13.8 Å². The van der Waals surface area contributed by atoms with Crippen molar-refractivity contribution >= 4 is 11.9 Å². The number of carboxylic acid groups (broad SMARTS) is 1. The lowest BCUT2D eigenvalue weighted by Gasteiger charge is -2.37. The molecule has 0 aromatic heterocycles. The number of ether oxygens (including phenoxy) is 1. The van der Waals surface area contributed by atoms with Crippen LogP contribution in [-0.2, 0) is 14.3 Å². The third-order valence-corrected chi connectivity index (χ3v) is 4.09. The van der Waals surface area contributed by atoms with Gasteiger partial charge in [-0.1, -0.05) is 13.8 Å². The molecule has 0 bridgehead atoms. The van der Waals surface area contributed by atoms with Crippen molar-refractivity contribution in [1.82, 2.24) is 4.90 Å².